The molecule has 1 aromatic carbocycles. The van der Waals surface area contributed by atoms with E-state index < -0.39 is 35.7 Å². The van der Waals surface area contributed by atoms with E-state index in [0.717, 1.165) is 5.56 Å². The summed E-state index contributed by atoms with van der Waals surface area (Å²) in [6.45, 7) is 5.37. The first-order valence-corrected chi connectivity index (χ1v) is 14.7. The van der Waals surface area contributed by atoms with Crippen LogP contribution in [0.2, 0.25) is 0 Å². The van der Waals surface area contributed by atoms with Gasteiger partial charge in [0, 0.05) is 30.6 Å². The van der Waals surface area contributed by atoms with E-state index in [1.807, 2.05) is 44.2 Å². The first-order chi connectivity index (χ1) is 20.7. The zero-order valence-electron chi connectivity index (χ0n) is 23.9. The summed E-state index contributed by atoms with van der Waals surface area (Å²) in [5, 5.41) is 10.8. The molecule has 0 saturated carbocycles. The first kappa shape index (κ1) is 29.6. The van der Waals surface area contributed by atoms with Gasteiger partial charge in [-0.3, -0.25) is 19.2 Å². The molecule has 0 unspecified atom stereocenters. The number of oxazole rings is 1. The Morgan fingerprint density at radius 3 is 2.60 bits per heavy atom. The molecule has 43 heavy (non-hydrogen) atoms. The Balaban J connectivity index is 1.47. The average Bonchev–Trinajstić information content (AvgIpc) is 3.76. The van der Waals surface area contributed by atoms with E-state index in [0.29, 0.717) is 17.1 Å². The summed E-state index contributed by atoms with van der Waals surface area (Å²) in [5.41, 5.74) is 1.86. The summed E-state index contributed by atoms with van der Waals surface area (Å²) >= 11 is 1.26. The van der Waals surface area contributed by atoms with Crippen LogP contribution in [0, 0.1) is 12.8 Å². The third-order valence-corrected chi connectivity index (χ3v) is 7.89. The Bertz CT molecular complexity index is 1610. The summed E-state index contributed by atoms with van der Waals surface area (Å²) in [4.78, 5) is 70.1. The molecule has 224 valence electrons. The number of benzene rings is 1. The minimum atomic E-state index is -0.689. The van der Waals surface area contributed by atoms with Gasteiger partial charge in [0.15, 0.2) is 5.69 Å². The topological polar surface area (TPSA) is 175 Å². The highest BCUT2D eigenvalue weighted by Crippen LogP contribution is 2.26. The molecule has 13 nitrogen and oxygen atoms in total. The Morgan fingerprint density at radius 1 is 1.09 bits per heavy atom. The molecule has 4 bridgehead atoms. The minimum absolute atomic E-state index is 0.0120. The van der Waals surface area contributed by atoms with Crippen LogP contribution in [-0.4, -0.2) is 68.1 Å². The Hall–Kier alpha value is -4.85. The third kappa shape index (κ3) is 6.97. The largest absolute Gasteiger partial charge is 0.446 e. The van der Waals surface area contributed by atoms with Crippen LogP contribution in [0.15, 0.2) is 52.7 Å². The van der Waals surface area contributed by atoms with E-state index in [2.05, 4.69) is 35.9 Å². The van der Waals surface area contributed by atoms with Crippen molar-refractivity contribution >= 4 is 35.0 Å². The molecular weight excluding hydrogens is 572 g/mol. The van der Waals surface area contributed by atoms with Gasteiger partial charge < -0.3 is 30.3 Å². The lowest BCUT2D eigenvalue weighted by molar-refractivity contribution is -0.122. The molecule has 5 rings (SSSR count). The van der Waals surface area contributed by atoms with Crippen LogP contribution in [0.25, 0.3) is 0 Å². The standard InChI is InChI=1S/C29H32N8O5S/c1-16(2)23-28-35-21(14-43-28)26(40)33-19(11-18-7-5-4-6-8-18)27-34-20(13-42-27)25(39)30-9-10-37(12-22(38)36-23)29(41)24-17(3)31-15-32-24/h4-8,13-16,19,23H,9-12H2,1-3H3,(H,30,39)(H,31,32)(H,33,40)(H,36,38)/t19-,23-/m0/s1. The molecule has 0 fully saturated rings. The zero-order valence-corrected chi connectivity index (χ0v) is 24.7. The van der Waals surface area contributed by atoms with E-state index in [4.69, 9.17) is 4.42 Å². The van der Waals surface area contributed by atoms with Crippen LogP contribution in [0.5, 0.6) is 0 Å². The van der Waals surface area contributed by atoms with Gasteiger partial charge in [-0.1, -0.05) is 44.2 Å². The number of amides is 4. The summed E-state index contributed by atoms with van der Waals surface area (Å²) in [6, 6.07) is 8.32. The van der Waals surface area contributed by atoms with Crippen molar-refractivity contribution in [3.8, 4) is 0 Å². The average molecular weight is 605 g/mol. The molecule has 0 spiro atoms. The second kappa shape index (κ2) is 13.0. The molecule has 4 heterocycles. The maximum atomic E-state index is 13.4. The number of thiazole rings is 1. The van der Waals surface area contributed by atoms with Gasteiger partial charge in [0.05, 0.1) is 18.9 Å². The van der Waals surface area contributed by atoms with E-state index in [-0.39, 0.29) is 48.5 Å². The number of aryl methyl sites for hydroxylation is 1. The Morgan fingerprint density at radius 2 is 1.88 bits per heavy atom. The molecule has 4 N–H and O–H groups in total. The highest BCUT2D eigenvalue weighted by molar-refractivity contribution is 7.09. The predicted molar refractivity (Wildman–Crippen MR) is 156 cm³/mol. The maximum absolute atomic E-state index is 13.4. The van der Waals surface area contributed by atoms with E-state index in [1.165, 1.54) is 28.8 Å². The molecule has 0 aliphatic carbocycles. The van der Waals surface area contributed by atoms with Crippen LogP contribution >= 0.6 is 11.3 Å². The first-order valence-electron chi connectivity index (χ1n) is 13.8. The van der Waals surface area contributed by atoms with Crippen molar-refractivity contribution in [2.75, 3.05) is 19.6 Å². The fourth-order valence-electron chi connectivity index (χ4n) is 4.65. The summed E-state index contributed by atoms with van der Waals surface area (Å²) < 4.78 is 5.67. The SMILES string of the molecule is Cc1[nH]cnc1C(=O)N1CCNC(=O)c2coc(n2)[C@H](Cc2ccccc2)NC(=O)c2csc(n2)[C@H](C(C)C)NC(=O)C1. The molecular formula is C29H32N8O5S. The second-order valence-corrected chi connectivity index (χ2v) is 11.4. The van der Waals surface area contributed by atoms with Gasteiger partial charge in [-0.05, 0) is 18.4 Å². The quantitative estimate of drug-likeness (QED) is 0.275. The van der Waals surface area contributed by atoms with Crippen molar-refractivity contribution in [2.45, 2.75) is 39.3 Å². The van der Waals surface area contributed by atoms with Crippen molar-refractivity contribution in [1.82, 2.24) is 40.8 Å². The highest BCUT2D eigenvalue weighted by atomic mass is 32.1. The van der Waals surface area contributed by atoms with Crippen LogP contribution in [0.3, 0.4) is 0 Å². The lowest BCUT2D eigenvalue weighted by Gasteiger charge is -2.25. The predicted octanol–water partition coefficient (Wildman–Crippen LogP) is 2.58. The fraction of sp³-hybridized carbons (Fsp3) is 0.345. The van der Waals surface area contributed by atoms with Gasteiger partial charge in [0.1, 0.15) is 28.7 Å². The van der Waals surface area contributed by atoms with E-state index >= 15 is 0 Å². The fourth-order valence-corrected chi connectivity index (χ4v) is 5.67. The number of aromatic amines is 1. The molecule has 0 saturated heterocycles. The molecule has 1 aliphatic heterocycles. The van der Waals surface area contributed by atoms with Gasteiger partial charge in [0.2, 0.25) is 11.8 Å². The number of hydrogen-bond donors (Lipinski definition) is 4. The van der Waals surface area contributed by atoms with E-state index in [1.54, 1.807) is 12.3 Å². The number of rotatable bonds is 4. The number of H-pyrrole nitrogens is 1. The monoisotopic (exact) mass is 604 g/mol. The number of carbonyl (C=O) groups is 4. The number of aromatic nitrogens is 4. The molecule has 14 heteroatoms. The van der Waals surface area contributed by atoms with Crippen LogP contribution < -0.4 is 16.0 Å². The lowest BCUT2D eigenvalue weighted by atomic mass is 10.0. The van der Waals surface area contributed by atoms with Gasteiger partial charge in [-0.15, -0.1) is 11.3 Å². The van der Waals surface area contributed by atoms with Crippen molar-refractivity contribution in [3.63, 3.8) is 0 Å². The third-order valence-electron chi connectivity index (χ3n) is 6.97. The smallest absolute Gasteiger partial charge is 0.274 e. The van der Waals surface area contributed by atoms with Crippen molar-refractivity contribution in [2.24, 2.45) is 5.92 Å². The lowest BCUT2D eigenvalue weighted by Crippen LogP contribution is -2.46. The van der Waals surface area contributed by atoms with Crippen molar-refractivity contribution in [3.05, 3.63) is 87.5 Å². The number of fused-ring (bicyclic) bond motifs is 4. The van der Waals surface area contributed by atoms with Gasteiger partial charge in [0.25, 0.3) is 17.7 Å². The zero-order chi connectivity index (χ0) is 30.5. The summed E-state index contributed by atoms with van der Waals surface area (Å²) in [6.07, 6.45) is 2.99. The van der Waals surface area contributed by atoms with Gasteiger partial charge >= 0.3 is 0 Å². The van der Waals surface area contributed by atoms with Gasteiger partial charge in [-0.2, -0.15) is 0 Å². The van der Waals surface area contributed by atoms with Crippen LogP contribution in [0.1, 0.15) is 79.6 Å². The summed E-state index contributed by atoms with van der Waals surface area (Å²) in [5.74, 6) is -1.76. The number of nitrogens with zero attached hydrogens (tertiary/aromatic N) is 4. The summed E-state index contributed by atoms with van der Waals surface area (Å²) in [7, 11) is 0. The molecule has 0 radical (unpaired) electrons. The molecule has 4 amide bonds. The number of hydrogen-bond acceptors (Lipinski definition) is 9. The Labute approximate surface area is 251 Å². The number of carbonyl (C=O) groups excluding carboxylic acids is 4. The molecule has 3 aromatic heterocycles. The normalized spacial score (nSPS) is 18.4. The van der Waals surface area contributed by atoms with Crippen molar-refractivity contribution < 1.29 is 23.6 Å². The maximum Gasteiger partial charge on any atom is 0.274 e. The van der Waals surface area contributed by atoms with Crippen molar-refractivity contribution in [1.29, 1.82) is 0 Å². The highest BCUT2D eigenvalue weighted by Gasteiger charge is 2.29. The van der Waals surface area contributed by atoms with Crippen LogP contribution in [-0.2, 0) is 11.2 Å². The second-order valence-electron chi connectivity index (χ2n) is 10.5. The van der Waals surface area contributed by atoms with Gasteiger partial charge in [-0.25, -0.2) is 15.0 Å². The minimum Gasteiger partial charge on any atom is -0.446 e. The van der Waals surface area contributed by atoms with Crippen LogP contribution in [0.4, 0.5) is 0 Å². The van der Waals surface area contributed by atoms with E-state index in [9.17, 15) is 19.2 Å². The molecule has 1 aliphatic rings. The molecule has 4 aromatic rings. The number of nitrogens with one attached hydrogen (secondary N) is 4. The molecule has 2 atom stereocenters. The number of imidazole rings is 1. The Kier molecular flexibility index (Phi) is 8.95.